The second-order valence-electron chi connectivity index (χ2n) is 11.5. The summed E-state index contributed by atoms with van der Waals surface area (Å²) in [6.07, 6.45) is 0. The lowest BCUT2D eigenvalue weighted by atomic mass is 10.0. The minimum Gasteiger partial charge on any atom is -0.455 e. The fraction of sp³-hybridized carbons (Fsp3) is 0. The van der Waals surface area contributed by atoms with Gasteiger partial charge in [-0.3, -0.25) is 4.57 Å². The molecule has 0 atom stereocenters. The fourth-order valence-electron chi connectivity index (χ4n) is 6.82. The molecule has 0 aliphatic carbocycles. The van der Waals surface area contributed by atoms with Crippen molar-refractivity contribution in [2.24, 2.45) is 0 Å². The van der Waals surface area contributed by atoms with Gasteiger partial charge in [0, 0.05) is 47.5 Å². The quantitative estimate of drug-likeness (QED) is 0.197. The molecule has 0 saturated carbocycles. The van der Waals surface area contributed by atoms with Crippen LogP contribution in [-0.4, -0.2) is 19.5 Å². The molecular formula is C40H21N5OS. The van der Waals surface area contributed by atoms with Gasteiger partial charge in [-0.05, 0) is 42.5 Å². The molecule has 0 fully saturated rings. The molecule has 0 radical (unpaired) electrons. The van der Waals surface area contributed by atoms with Crippen LogP contribution >= 0.6 is 11.3 Å². The molecule has 7 heteroatoms. The van der Waals surface area contributed by atoms with E-state index in [0.717, 1.165) is 60.3 Å². The summed E-state index contributed by atoms with van der Waals surface area (Å²) in [4.78, 5) is 15.3. The van der Waals surface area contributed by atoms with Gasteiger partial charge in [-0.2, -0.15) is 15.2 Å². The normalized spacial score (nSPS) is 11.8. The Balaban J connectivity index is 1.42. The Labute approximate surface area is 271 Å². The average Bonchev–Trinajstić information content (AvgIpc) is 3.81. The first-order valence-electron chi connectivity index (χ1n) is 15.3. The number of furan rings is 1. The summed E-state index contributed by atoms with van der Waals surface area (Å²) in [7, 11) is 0. The zero-order valence-corrected chi connectivity index (χ0v) is 25.5. The second-order valence-corrected chi connectivity index (χ2v) is 12.6. The van der Waals surface area contributed by atoms with Gasteiger partial charge < -0.3 is 4.42 Å². The van der Waals surface area contributed by atoms with E-state index in [1.165, 1.54) is 14.8 Å². The van der Waals surface area contributed by atoms with Gasteiger partial charge in [-0.15, -0.1) is 11.3 Å². The van der Waals surface area contributed by atoms with Crippen molar-refractivity contribution >= 4 is 75.3 Å². The van der Waals surface area contributed by atoms with Gasteiger partial charge >= 0.3 is 0 Å². The highest BCUT2D eigenvalue weighted by molar-refractivity contribution is 7.27. The zero-order chi connectivity index (χ0) is 31.1. The van der Waals surface area contributed by atoms with E-state index in [9.17, 15) is 5.26 Å². The van der Waals surface area contributed by atoms with Gasteiger partial charge in [0.1, 0.15) is 11.2 Å². The molecule has 0 bridgehead atoms. The van der Waals surface area contributed by atoms with Gasteiger partial charge in [0.05, 0.1) is 28.1 Å². The maximum absolute atomic E-state index is 9.43. The smallest absolute Gasteiger partial charge is 0.238 e. The van der Waals surface area contributed by atoms with Gasteiger partial charge in [0.2, 0.25) is 5.95 Å². The van der Waals surface area contributed by atoms with Crippen LogP contribution in [-0.2, 0) is 0 Å². The summed E-state index contributed by atoms with van der Waals surface area (Å²) >= 11 is 1.79. The van der Waals surface area contributed by atoms with Gasteiger partial charge in [0.15, 0.2) is 11.6 Å². The summed E-state index contributed by atoms with van der Waals surface area (Å²) in [6, 6.07) is 44.8. The molecule has 0 spiro atoms. The van der Waals surface area contributed by atoms with Crippen molar-refractivity contribution in [3.63, 3.8) is 0 Å². The van der Waals surface area contributed by atoms with E-state index in [1.54, 1.807) is 23.5 Å². The molecule has 10 aromatic rings. The summed E-state index contributed by atoms with van der Waals surface area (Å²) in [5.74, 6) is 1.61. The van der Waals surface area contributed by atoms with E-state index in [4.69, 9.17) is 19.4 Å². The highest BCUT2D eigenvalue weighted by Crippen LogP contribution is 2.50. The highest BCUT2D eigenvalue weighted by Gasteiger charge is 2.26. The van der Waals surface area contributed by atoms with Gasteiger partial charge in [-0.1, -0.05) is 84.9 Å². The Morgan fingerprint density at radius 3 is 2.04 bits per heavy atom. The highest BCUT2D eigenvalue weighted by atomic mass is 32.1. The van der Waals surface area contributed by atoms with E-state index in [0.29, 0.717) is 23.2 Å². The molecule has 6 nitrogen and oxygen atoms in total. The third-order valence-electron chi connectivity index (χ3n) is 8.88. The van der Waals surface area contributed by atoms with Crippen LogP contribution in [0.5, 0.6) is 0 Å². The molecule has 0 aliphatic rings. The number of rotatable bonds is 3. The van der Waals surface area contributed by atoms with Crippen molar-refractivity contribution in [1.82, 2.24) is 19.5 Å². The first-order valence-corrected chi connectivity index (χ1v) is 16.1. The molecule has 0 amide bonds. The van der Waals surface area contributed by atoms with Crippen molar-refractivity contribution in [2.45, 2.75) is 0 Å². The van der Waals surface area contributed by atoms with Crippen LogP contribution < -0.4 is 0 Å². The van der Waals surface area contributed by atoms with Crippen molar-refractivity contribution in [2.75, 3.05) is 0 Å². The number of fused-ring (bicyclic) bond motifs is 12. The topological polar surface area (TPSA) is 80.5 Å². The second kappa shape index (κ2) is 9.82. The summed E-state index contributed by atoms with van der Waals surface area (Å²) < 4.78 is 11.3. The van der Waals surface area contributed by atoms with Crippen LogP contribution in [0, 0.1) is 11.3 Å². The van der Waals surface area contributed by atoms with Crippen molar-refractivity contribution in [3.05, 3.63) is 133 Å². The van der Waals surface area contributed by atoms with E-state index in [-0.39, 0.29) is 0 Å². The Morgan fingerprint density at radius 1 is 0.596 bits per heavy atom. The minimum absolute atomic E-state index is 0.511. The summed E-state index contributed by atoms with van der Waals surface area (Å²) in [5, 5.41) is 16.1. The first kappa shape index (κ1) is 25.9. The molecule has 0 saturated heterocycles. The lowest BCUT2D eigenvalue weighted by Gasteiger charge is -2.11. The molecule has 6 aromatic carbocycles. The molecule has 218 valence electrons. The molecule has 47 heavy (non-hydrogen) atoms. The number of nitriles is 1. The Bertz CT molecular complexity index is 2880. The minimum atomic E-state index is 0.511. The summed E-state index contributed by atoms with van der Waals surface area (Å²) in [6.45, 7) is 0. The number of nitrogens with zero attached hydrogens (tertiary/aromatic N) is 5. The predicted molar refractivity (Wildman–Crippen MR) is 190 cm³/mol. The Morgan fingerprint density at radius 2 is 1.26 bits per heavy atom. The predicted octanol–water partition coefficient (Wildman–Crippen LogP) is 10.4. The van der Waals surface area contributed by atoms with Crippen molar-refractivity contribution < 1.29 is 4.42 Å². The number of hydrogen-bond acceptors (Lipinski definition) is 6. The number of thiophene rings is 1. The lowest BCUT2D eigenvalue weighted by Crippen LogP contribution is -2.06. The van der Waals surface area contributed by atoms with Crippen molar-refractivity contribution in [1.29, 1.82) is 5.26 Å². The Hall–Kier alpha value is -6.36. The van der Waals surface area contributed by atoms with Gasteiger partial charge in [-0.25, -0.2) is 4.98 Å². The maximum Gasteiger partial charge on any atom is 0.238 e. The lowest BCUT2D eigenvalue weighted by molar-refractivity contribution is 0.673. The molecule has 10 rings (SSSR count). The van der Waals surface area contributed by atoms with Crippen LogP contribution in [0.4, 0.5) is 0 Å². The van der Waals surface area contributed by atoms with E-state index in [2.05, 4.69) is 71.3 Å². The molecule has 0 aliphatic heterocycles. The monoisotopic (exact) mass is 619 g/mol. The molecule has 0 unspecified atom stereocenters. The number of benzene rings is 6. The van der Waals surface area contributed by atoms with E-state index >= 15 is 0 Å². The molecular weight excluding hydrogens is 599 g/mol. The number of hydrogen-bond donors (Lipinski definition) is 0. The maximum atomic E-state index is 9.43. The average molecular weight is 620 g/mol. The van der Waals surface area contributed by atoms with Crippen LogP contribution in [0.25, 0.3) is 92.6 Å². The largest absolute Gasteiger partial charge is 0.455 e. The van der Waals surface area contributed by atoms with E-state index < -0.39 is 0 Å². The van der Waals surface area contributed by atoms with Crippen LogP contribution in [0.2, 0.25) is 0 Å². The van der Waals surface area contributed by atoms with Crippen molar-refractivity contribution in [3.8, 4) is 34.8 Å². The number of aromatic nitrogens is 4. The summed E-state index contributed by atoms with van der Waals surface area (Å²) in [5.41, 5.74) is 5.97. The van der Waals surface area contributed by atoms with Crippen LogP contribution in [0.15, 0.2) is 132 Å². The standard InChI is InChI=1S/C40H21N5OS/c41-22-23-18-20-25(21-19-23)39-42-38(24-10-2-1-3-11-24)43-40(44-39)45-29-15-7-4-12-26(29)32-35(45)33-28-14-6-9-17-31(28)47-37(33)34-27-13-5-8-16-30(27)46-36(32)34/h1-21H. The zero-order valence-electron chi connectivity index (χ0n) is 24.7. The fourth-order valence-corrected chi connectivity index (χ4v) is 8.08. The molecule has 4 aromatic heterocycles. The van der Waals surface area contributed by atoms with Crippen LogP contribution in [0.1, 0.15) is 5.56 Å². The first-order chi connectivity index (χ1) is 23.3. The number of para-hydroxylation sites is 2. The molecule has 4 heterocycles. The Kier molecular flexibility index (Phi) is 5.41. The van der Waals surface area contributed by atoms with E-state index in [1.807, 2.05) is 54.6 Å². The SMILES string of the molecule is N#Cc1ccc(-c2nc(-c3ccccc3)nc(-n3c4ccccc4c4c5oc6ccccc6c5c5sc6ccccc6c5c43)n2)cc1. The van der Waals surface area contributed by atoms with Crippen LogP contribution in [0.3, 0.4) is 0 Å². The molecule has 0 N–H and O–H groups in total. The third-order valence-corrected chi connectivity index (χ3v) is 10.1. The van der Waals surface area contributed by atoms with Gasteiger partial charge in [0.25, 0.3) is 0 Å². The third kappa shape index (κ3) is 3.73.